The Kier molecular flexibility index (Phi) is 7.74. The van der Waals surface area contributed by atoms with E-state index < -0.39 is 0 Å². The van der Waals surface area contributed by atoms with Crippen LogP contribution in [0.5, 0.6) is 0 Å². The molecule has 0 saturated heterocycles. The molecule has 0 aromatic heterocycles. The van der Waals surface area contributed by atoms with Crippen LogP contribution in [-0.4, -0.2) is 11.2 Å². The molecule has 3 atom stereocenters. The molecule has 16 heavy (non-hydrogen) atoms. The number of aliphatic hydroxyl groups excluding tert-OH is 1. The number of rotatable bonds is 9. The summed E-state index contributed by atoms with van der Waals surface area (Å²) in [6, 6.07) is 0. The smallest absolute Gasteiger partial charge is 0.0718 e. The zero-order valence-corrected chi connectivity index (χ0v) is 11.6. The lowest BCUT2D eigenvalue weighted by molar-refractivity contribution is 0.161. The Hall–Kier alpha value is -0.300. The van der Waals surface area contributed by atoms with Gasteiger partial charge in [-0.2, -0.15) is 0 Å². The fraction of sp³-hybridized carbons (Fsp3) is 0.867. The SMILES string of the molecule is C=CC(O)CCC(C)(CC)CCC(C)CC. The summed E-state index contributed by atoms with van der Waals surface area (Å²) in [5.74, 6) is 0.829. The van der Waals surface area contributed by atoms with Crippen molar-refractivity contribution >= 4 is 0 Å². The molecule has 0 bridgehead atoms. The molecule has 0 rings (SSSR count). The maximum atomic E-state index is 9.52. The van der Waals surface area contributed by atoms with Gasteiger partial charge >= 0.3 is 0 Å². The Bertz CT molecular complexity index is 188. The van der Waals surface area contributed by atoms with Crippen molar-refractivity contribution < 1.29 is 5.11 Å². The Morgan fingerprint density at radius 2 is 1.81 bits per heavy atom. The highest BCUT2D eigenvalue weighted by Crippen LogP contribution is 2.35. The lowest BCUT2D eigenvalue weighted by Gasteiger charge is -2.30. The van der Waals surface area contributed by atoms with Crippen molar-refractivity contribution in [3.8, 4) is 0 Å². The number of hydrogen-bond acceptors (Lipinski definition) is 1. The van der Waals surface area contributed by atoms with Crippen LogP contribution in [0.2, 0.25) is 0 Å². The van der Waals surface area contributed by atoms with E-state index in [0.717, 1.165) is 18.8 Å². The van der Waals surface area contributed by atoms with E-state index in [-0.39, 0.29) is 6.10 Å². The van der Waals surface area contributed by atoms with E-state index in [9.17, 15) is 5.11 Å². The monoisotopic (exact) mass is 226 g/mol. The zero-order chi connectivity index (χ0) is 12.6. The summed E-state index contributed by atoms with van der Waals surface area (Å²) in [6.07, 6.45) is 8.34. The molecule has 1 N–H and O–H groups in total. The summed E-state index contributed by atoms with van der Waals surface area (Å²) in [5, 5.41) is 9.52. The molecular formula is C15H30O. The summed E-state index contributed by atoms with van der Waals surface area (Å²) >= 11 is 0. The van der Waals surface area contributed by atoms with Gasteiger partial charge < -0.3 is 5.11 Å². The topological polar surface area (TPSA) is 20.2 Å². The predicted octanol–water partition coefficient (Wildman–Crippen LogP) is 4.56. The Labute approximate surface area is 102 Å². The second kappa shape index (κ2) is 7.89. The van der Waals surface area contributed by atoms with Gasteiger partial charge in [-0.3, -0.25) is 0 Å². The van der Waals surface area contributed by atoms with E-state index in [1.54, 1.807) is 6.08 Å². The third kappa shape index (κ3) is 6.32. The number of aliphatic hydroxyl groups is 1. The summed E-state index contributed by atoms with van der Waals surface area (Å²) in [6.45, 7) is 12.8. The molecular weight excluding hydrogens is 196 g/mol. The number of hydrogen-bond donors (Lipinski definition) is 1. The molecule has 3 unspecified atom stereocenters. The van der Waals surface area contributed by atoms with Crippen LogP contribution < -0.4 is 0 Å². The zero-order valence-electron chi connectivity index (χ0n) is 11.6. The first-order valence-electron chi connectivity index (χ1n) is 6.78. The minimum absolute atomic E-state index is 0.325. The van der Waals surface area contributed by atoms with Crippen LogP contribution in [0.1, 0.15) is 66.2 Å². The Balaban J connectivity index is 4.04. The van der Waals surface area contributed by atoms with Gasteiger partial charge in [0.1, 0.15) is 0 Å². The first-order valence-corrected chi connectivity index (χ1v) is 6.78. The van der Waals surface area contributed by atoms with E-state index in [1.165, 1.54) is 25.7 Å². The van der Waals surface area contributed by atoms with Gasteiger partial charge in [-0.15, -0.1) is 6.58 Å². The molecule has 0 spiro atoms. The molecule has 1 nitrogen and oxygen atoms in total. The maximum absolute atomic E-state index is 9.52. The molecule has 1 heteroatoms. The van der Waals surface area contributed by atoms with E-state index >= 15 is 0 Å². The molecule has 0 aromatic carbocycles. The molecule has 0 aliphatic rings. The average Bonchev–Trinajstić information content (AvgIpc) is 2.32. The van der Waals surface area contributed by atoms with Crippen molar-refractivity contribution in [3.05, 3.63) is 12.7 Å². The van der Waals surface area contributed by atoms with E-state index in [1.807, 2.05) is 0 Å². The first kappa shape index (κ1) is 15.7. The van der Waals surface area contributed by atoms with E-state index in [2.05, 4.69) is 34.3 Å². The third-order valence-corrected chi connectivity index (χ3v) is 4.11. The lowest BCUT2D eigenvalue weighted by Crippen LogP contribution is -2.19. The van der Waals surface area contributed by atoms with Crippen molar-refractivity contribution in [2.24, 2.45) is 11.3 Å². The summed E-state index contributed by atoms with van der Waals surface area (Å²) < 4.78 is 0. The van der Waals surface area contributed by atoms with Crippen LogP contribution in [0, 0.1) is 11.3 Å². The molecule has 0 radical (unpaired) electrons. The van der Waals surface area contributed by atoms with Gasteiger partial charge in [0, 0.05) is 0 Å². The van der Waals surface area contributed by atoms with Crippen molar-refractivity contribution in [2.75, 3.05) is 0 Å². The van der Waals surface area contributed by atoms with Crippen molar-refractivity contribution in [1.82, 2.24) is 0 Å². The van der Waals surface area contributed by atoms with Crippen LogP contribution in [-0.2, 0) is 0 Å². The van der Waals surface area contributed by atoms with Crippen molar-refractivity contribution in [2.45, 2.75) is 72.3 Å². The molecule has 0 aliphatic carbocycles. The first-order chi connectivity index (χ1) is 7.47. The second-order valence-corrected chi connectivity index (χ2v) is 5.56. The molecule has 0 fully saturated rings. The van der Waals surface area contributed by atoms with Crippen LogP contribution >= 0.6 is 0 Å². The predicted molar refractivity (Wildman–Crippen MR) is 72.5 cm³/mol. The van der Waals surface area contributed by atoms with Gasteiger partial charge in [-0.05, 0) is 30.6 Å². The maximum Gasteiger partial charge on any atom is 0.0718 e. The van der Waals surface area contributed by atoms with Crippen LogP contribution in [0.3, 0.4) is 0 Å². The van der Waals surface area contributed by atoms with Gasteiger partial charge in [-0.25, -0.2) is 0 Å². The quantitative estimate of drug-likeness (QED) is 0.572. The van der Waals surface area contributed by atoms with Crippen molar-refractivity contribution in [1.29, 1.82) is 0 Å². The normalized spacial score (nSPS) is 18.8. The molecule has 96 valence electrons. The Morgan fingerprint density at radius 1 is 1.25 bits per heavy atom. The van der Waals surface area contributed by atoms with Gasteiger partial charge in [-0.1, -0.05) is 53.0 Å². The summed E-state index contributed by atoms with van der Waals surface area (Å²) in [7, 11) is 0. The molecule has 0 aromatic rings. The van der Waals surface area contributed by atoms with E-state index in [0.29, 0.717) is 5.41 Å². The Morgan fingerprint density at radius 3 is 2.25 bits per heavy atom. The fourth-order valence-electron chi connectivity index (χ4n) is 1.89. The van der Waals surface area contributed by atoms with Gasteiger partial charge in [0.05, 0.1) is 6.10 Å². The average molecular weight is 226 g/mol. The highest BCUT2D eigenvalue weighted by atomic mass is 16.3. The third-order valence-electron chi connectivity index (χ3n) is 4.11. The molecule has 0 saturated carbocycles. The highest BCUT2D eigenvalue weighted by Gasteiger charge is 2.22. The van der Waals surface area contributed by atoms with Gasteiger partial charge in [0.15, 0.2) is 0 Å². The van der Waals surface area contributed by atoms with Crippen LogP contribution in [0.25, 0.3) is 0 Å². The minimum Gasteiger partial charge on any atom is -0.389 e. The fourth-order valence-corrected chi connectivity index (χ4v) is 1.89. The van der Waals surface area contributed by atoms with Crippen LogP contribution in [0.15, 0.2) is 12.7 Å². The lowest BCUT2D eigenvalue weighted by atomic mass is 9.76. The standard InChI is InChI=1S/C15H30O/c1-6-13(4)9-11-15(5,8-3)12-10-14(16)7-2/h7,13-14,16H,2,6,8-12H2,1,3-5H3. The highest BCUT2D eigenvalue weighted by molar-refractivity contribution is 4.82. The van der Waals surface area contributed by atoms with Gasteiger partial charge in [0.2, 0.25) is 0 Å². The molecule has 0 heterocycles. The largest absolute Gasteiger partial charge is 0.389 e. The molecule has 0 amide bonds. The van der Waals surface area contributed by atoms with E-state index in [4.69, 9.17) is 0 Å². The van der Waals surface area contributed by atoms with Crippen LogP contribution in [0.4, 0.5) is 0 Å². The molecule has 0 aliphatic heterocycles. The van der Waals surface area contributed by atoms with Gasteiger partial charge in [0.25, 0.3) is 0 Å². The van der Waals surface area contributed by atoms with Crippen molar-refractivity contribution in [3.63, 3.8) is 0 Å². The summed E-state index contributed by atoms with van der Waals surface area (Å²) in [4.78, 5) is 0. The summed E-state index contributed by atoms with van der Waals surface area (Å²) in [5.41, 5.74) is 0.396. The second-order valence-electron chi connectivity index (χ2n) is 5.56. The minimum atomic E-state index is -0.325.